The zero-order chi connectivity index (χ0) is 15.5. The van der Waals surface area contributed by atoms with Gasteiger partial charge in [0.05, 0.1) is 18.1 Å². The number of benzene rings is 1. The summed E-state index contributed by atoms with van der Waals surface area (Å²) in [6, 6.07) is 3.35. The lowest BCUT2D eigenvalue weighted by Crippen LogP contribution is -2.32. The summed E-state index contributed by atoms with van der Waals surface area (Å²) in [5.74, 6) is -0.955. The molecule has 0 spiro atoms. The van der Waals surface area contributed by atoms with Crippen LogP contribution in [-0.2, 0) is 14.3 Å². The van der Waals surface area contributed by atoms with E-state index in [0.717, 1.165) is 0 Å². The van der Waals surface area contributed by atoms with Crippen molar-refractivity contribution in [3.8, 4) is 0 Å². The second-order valence-corrected chi connectivity index (χ2v) is 6.03. The number of hydrogen-bond acceptors (Lipinski definition) is 5. The minimum Gasteiger partial charge on any atom is -0.469 e. The molecule has 0 aromatic heterocycles. The third kappa shape index (κ3) is 3.72. The van der Waals surface area contributed by atoms with Crippen LogP contribution < -0.4 is 5.73 Å². The van der Waals surface area contributed by atoms with Crippen molar-refractivity contribution in [3.05, 3.63) is 27.7 Å². The topological polar surface area (TPSA) is 78.6 Å². The van der Waals surface area contributed by atoms with Crippen molar-refractivity contribution in [1.82, 2.24) is 0 Å². The molecule has 0 aliphatic rings. The van der Waals surface area contributed by atoms with Crippen molar-refractivity contribution < 1.29 is 19.1 Å². The number of halogens is 1. The molecule has 0 amide bonds. The van der Waals surface area contributed by atoms with E-state index in [1.807, 2.05) is 0 Å². The molecule has 2 N–H and O–H groups in total. The molecule has 0 saturated carbocycles. The molecule has 0 unspecified atom stereocenters. The first-order valence-electron chi connectivity index (χ1n) is 6.00. The summed E-state index contributed by atoms with van der Waals surface area (Å²) < 4.78 is 10.5. The number of anilines is 1. The van der Waals surface area contributed by atoms with E-state index in [2.05, 4.69) is 20.7 Å². The molecule has 0 saturated heterocycles. The third-order valence-corrected chi connectivity index (χ3v) is 3.39. The number of nitrogens with two attached hydrogens (primary N) is 1. The number of ether oxygens (including phenoxy) is 2. The Labute approximate surface area is 126 Å². The lowest BCUT2D eigenvalue weighted by molar-refractivity contribution is -0.152. The summed E-state index contributed by atoms with van der Waals surface area (Å²) in [6.45, 7) is 4.97. The summed E-state index contributed by atoms with van der Waals surface area (Å²) in [6.07, 6.45) is 0. The first kappa shape index (κ1) is 16.5. The van der Waals surface area contributed by atoms with Crippen LogP contribution >= 0.6 is 15.9 Å². The Balaban J connectivity index is 2.86. The number of carbonyl (C=O) groups is 2. The van der Waals surface area contributed by atoms with Crippen LogP contribution in [0.25, 0.3) is 0 Å². The van der Waals surface area contributed by atoms with Gasteiger partial charge in [-0.25, -0.2) is 4.79 Å². The zero-order valence-corrected chi connectivity index (χ0v) is 13.5. The number of hydrogen-bond donors (Lipinski definition) is 1. The number of nitrogen functional groups attached to an aromatic ring is 1. The fraction of sp³-hybridized carbons (Fsp3) is 0.429. The Morgan fingerprint density at radius 1 is 1.35 bits per heavy atom. The molecule has 0 aliphatic carbocycles. The van der Waals surface area contributed by atoms with Gasteiger partial charge in [0.25, 0.3) is 0 Å². The van der Waals surface area contributed by atoms with Gasteiger partial charge in [-0.3, -0.25) is 4.79 Å². The summed E-state index contributed by atoms with van der Waals surface area (Å²) in [4.78, 5) is 23.6. The maximum atomic E-state index is 12.1. The SMILES string of the molecule is COC(=O)C(C)(C)COC(=O)c1cc(Br)cc(N)c1C. The van der Waals surface area contributed by atoms with E-state index in [1.165, 1.54) is 7.11 Å². The lowest BCUT2D eigenvalue weighted by Gasteiger charge is -2.21. The fourth-order valence-electron chi connectivity index (χ4n) is 1.57. The molecule has 0 fully saturated rings. The van der Waals surface area contributed by atoms with Crippen LogP contribution in [0.4, 0.5) is 5.69 Å². The van der Waals surface area contributed by atoms with Crippen LogP contribution in [0.1, 0.15) is 29.8 Å². The van der Waals surface area contributed by atoms with Crippen molar-refractivity contribution >= 4 is 33.6 Å². The Hall–Kier alpha value is -1.56. The molecule has 110 valence electrons. The smallest absolute Gasteiger partial charge is 0.338 e. The van der Waals surface area contributed by atoms with Gasteiger partial charge in [-0.15, -0.1) is 0 Å². The van der Waals surface area contributed by atoms with Gasteiger partial charge in [0.15, 0.2) is 0 Å². The van der Waals surface area contributed by atoms with Crippen LogP contribution in [0, 0.1) is 12.3 Å². The fourth-order valence-corrected chi connectivity index (χ4v) is 2.05. The van der Waals surface area contributed by atoms with Crippen molar-refractivity contribution in [1.29, 1.82) is 0 Å². The van der Waals surface area contributed by atoms with Gasteiger partial charge in [-0.2, -0.15) is 0 Å². The van der Waals surface area contributed by atoms with Crippen LogP contribution in [0.15, 0.2) is 16.6 Å². The average molecular weight is 344 g/mol. The molecular weight excluding hydrogens is 326 g/mol. The quantitative estimate of drug-likeness (QED) is 0.671. The largest absolute Gasteiger partial charge is 0.469 e. The number of methoxy groups -OCH3 is 1. The highest BCUT2D eigenvalue weighted by Gasteiger charge is 2.31. The van der Waals surface area contributed by atoms with Crippen LogP contribution in [0.5, 0.6) is 0 Å². The number of carbonyl (C=O) groups excluding carboxylic acids is 2. The Morgan fingerprint density at radius 2 is 1.95 bits per heavy atom. The predicted octanol–water partition coefficient (Wildman–Crippen LogP) is 2.70. The van der Waals surface area contributed by atoms with E-state index >= 15 is 0 Å². The minimum absolute atomic E-state index is 0.0651. The average Bonchev–Trinajstić information content (AvgIpc) is 2.39. The van der Waals surface area contributed by atoms with E-state index in [1.54, 1.807) is 32.9 Å². The minimum atomic E-state index is -0.893. The molecule has 1 aromatic rings. The van der Waals surface area contributed by atoms with Gasteiger partial charge in [-0.1, -0.05) is 15.9 Å². The molecule has 0 aliphatic heterocycles. The van der Waals surface area contributed by atoms with E-state index in [-0.39, 0.29) is 6.61 Å². The summed E-state index contributed by atoms with van der Waals surface area (Å²) in [5, 5.41) is 0. The monoisotopic (exact) mass is 343 g/mol. The van der Waals surface area contributed by atoms with Gasteiger partial charge >= 0.3 is 11.9 Å². The van der Waals surface area contributed by atoms with E-state index in [0.29, 0.717) is 21.3 Å². The highest BCUT2D eigenvalue weighted by atomic mass is 79.9. The van der Waals surface area contributed by atoms with E-state index < -0.39 is 17.4 Å². The standard InChI is InChI=1S/C14H18BrNO4/c1-8-10(5-9(15)6-11(8)16)12(17)20-7-14(2,3)13(18)19-4/h5-6H,7,16H2,1-4H3. The highest BCUT2D eigenvalue weighted by molar-refractivity contribution is 9.10. The van der Waals surface area contributed by atoms with Crippen molar-refractivity contribution in [3.63, 3.8) is 0 Å². The van der Waals surface area contributed by atoms with Gasteiger partial charge in [-0.05, 0) is 38.5 Å². The molecule has 0 radical (unpaired) electrons. The van der Waals surface area contributed by atoms with Gasteiger partial charge in [0, 0.05) is 10.2 Å². The van der Waals surface area contributed by atoms with E-state index in [4.69, 9.17) is 10.5 Å². The molecule has 1 rings (SSSR count). The molecule has 5 nitrogen and oxygen atoms in total. The van der Waals surface area contributed by atoms with Crippen LogP contribution in [-0.4, -0.2) is 25.7 Å². The molecular formula is C14H18BrNO4. The van der Waals surface area contributed by atoms with Crippen molar-refractivity contribution in [2.75, 3.05) is 19.5 Å². The molecule has 20 heavy (non-hydrogen) atoms. The van der Waals surface area contributed by atoms with Crippen LogP contribution in [0.3, 0.4) is 0 Å². The molecule has 0 heterocycles. The molecule has 1 aromatic carbocycles. The first-order chi connectivity index (χ1) is 9.19. The molecule has 6 heteroatoms. The lowest BCUT2D eigenvalue weighted by atomic mass is 9.95. The third-order valence-electron chi connectivity index (χ3n) is 2.93. The maximum Gasteiger partial charge on any atom is 0.338 e. The van der Waals surface area contributed by atoms with Crippen molar-refractivity contribution in [2.24, 2.45) is 5.41 Å². The Kier molecular flexibility index (Phi) is 5.16. The summed E-state index contributed by atoms with van der Waals surface area (Å²) >= 11 is 3.28. The second-order valence-electron chi connectivity index (χ2n) is 5.12. The van der Waals surface area contributed by atoms with Gasteiger partial charge in [0.2, 0.25) is 0 Å². The zero-order valence-electron chi connectivity index (χ0n) is 12.0. The summed E-state index contributed by atoms with van der Waals surface area (Å²) in [5.41, 5.74) is 6.42. The van der Waals surface area contributed by atoms with Crippen molar-refractivity contribution in [2.45, 2.75) is 20.8 Å². The molecule has 0 bridgehead atoms. The second kappa shape index (κ2) is 6.26. The first-order valence-corrected chi connectivity index (χ1v) is 6.79. The van der Waals surface area contributed by atoms with Crippen LogP contribution in [0.2, 0.25) is 0 Å². The number of esters is 2. The van der Waals surface area contributed by atoms with Gasteiger partial charge in [0.1, 0.15) is 6.61 Å². The highest BCUT2D eigenvalue weighted by Crippen LogP contribution is 2.24. The van der Waals surface area contributed by atoms with Gasteiger partial charge < -0.3 is 15.2 Å². The summed E-state index contributed by atoms with van der Waals surface area (Å²) in [7, 11) is 1.30. The molecule has 0 atom stereocenters. The number of rotatable bonds is 4. The van der Waals surface area contributed by atoms with E-state index in [9.17, 15) is 9.59 Å². The normalized spacial score (nSPS) is 11.1. The Bertz CT molecular complexity index is 540. The Morgan fingerprint density at radius 3 is 2.50 bits per heavy atom. The predicted molar refractivity (Wildman–Crippen MR) is 79.4 cm³/mol. The maximum absolute atomic E-state index is 12.1.